The molecule has 0 saturated heterocycles. The molecule has 1 rings (SSSR count). The van der Waals surface area contributed by atoms with Crippen LogP contribution in [0.5, 0.6) is 0 Å². The van der Waals surface area contributed by atoms with Gasteiger partial charge in [0.1, 0.15) is 0 Å². The van der Waals surface area contributed by atoms with Gasteiger partial charge in [-0.15, -0.1) is 24.0 Å². The van der Waals surface area contributed by atoms with Crippen LogP contribution in [0.4, 0.5) is 0 Å². The lowest BCUT2D eigenvalue weighted by molar-refractivity contribution is 0.454. The van der Waals surface area contributed by atoms with Gasteiger partial charge in [0, 0.05) is 34.7 Å². The molecule has 16 heavy (non-hydrogen) atoms. The summed E-state index contributed by atoms with van der Waals surface area (Å²) in [5.41, 5.74) is 0. The molecule has 0 fully saturated rings. The molecule has 3 nitrogen and oxygen atoms in total. The van der Waals surface area contributed by atoms with E-state index < -0.39 is 0 Å². The largest absolute Gasteiger partial charge is 0.349 e. The van der Waals surface area contributed by atoms with Gasteiger partial charge in [-0.1, -0.05) is 12.2 Å². The number of guanidine groups is 1. The Kier molecular flexibility index (Phi) is 7.80. The average Bonchev–Trinajstić information content (AvgIpc) is 2.18. The van der Waals surface area contributed by atoms with Crippen molar-refractivity contribution < 1.29 is 0 Å². The molecule has 0 aliphatic heterocycles. The van der Waals surface area contributed by atoms with Gasteiger partial charge in [-0.05, 0) is 25.2 Å². The van der Waals surface area contributed by atoms with Crippen molar-refractivity contribution >= 4 is 29.9 Å². The van der Waals surface area contributed by atoms with Crippen molar-refractivity contribution in [3.8, 4) is 0 Å². The molecule has 0 bridgehead atoms. The van der Waals surface area contributed by atoms with E-state index in [-0.39, 0.29) is 24.0 Å². The highest BCUT2D eigenvalue weighted by Gasteiger charge is 2.10. The Morgan fingerprint density at radius 3 is 2.25 bits per heavy atom. The molecule has 0 aromatic heterocycles. The van der Waals surface area contributed by atoms with Crippen LogP contribution in [0, 0.1) is 5.92 Å². The molecule has 94 valence electrons. The fraction of sp³-hybridized carbons (Fsp3) is 0.750. The summed E-state index contributed by atoms with van der Waals surface area (Å²) in [6, 6.07) is 0. The van der Waals surface area contributed by atoms with E-state index in [4.69, 9.17) is 0 Å². The Morgan fingerprint density at radius 1 is 1.19 bits per heavy atom. The van der Waals surface area contributed by atoms with Gasteiger partial charge in [-0.25, -0.2) is 0 Å². The Hall–Kier alpha value is -0.260. The first-order valence-corrected chi connectivity index (χ1v) is 5.65. The summed E-state index contributed by atoms with van der Waals surface area (Å²) in [7, 11) is 8.17. The van der Waals surface area contributed by atoms with Crippen LogP contribution in [-0.2, 0) is 0 Å². The fourth-order valence-electron chi connectivity index (χ4n) is 1.92. The number of allylic oxidation sites excluding steroid dienone is 2. The number of nitrogens with zero attached hydrogens (tertiary/aromatic N) is 3. The molecule has 1 atom stereocenters. The standard InChI is InChI=1S/C12H23N3.HI/c1-14(2)12(15(3)4)13-10-11-8-6-5-7-9-11;/h5-6,11H,7-10H2,1-4H3;1H. The lowest BCUT2D eigenvalue weighted by atomic mass is 9.95. The maximum Gasteiger partial charge on any atom is 0.195 e. The molecule has 1 aliphatic carbocycles. The van der Waals surface area contributed by atoms with Gasteiger partial charge in [0.05, 0.1) is 0 Å². The minimum atomic E-state index is 0. The Bertz CT molecular complexity index is 237. The van der Waals surface area contributed by atoms with Gasteiger partial charge >= 0.3 is 0 Å². The quantitative estimate of drug-likeness (QED) is 0.334. The van der Waals surface area contributed by atoms with Crippen molar-refractivity contribution in [1.82, 2.24) is 9.80 Å². The molecule has 0 radical (unpaired) electrons. The van der Waals surface area contributed by atoms with Crippen LogP contribution in [-0.4, -0.2) is 50.5 Å². The summed E-state index contributed by atoms with van der Waals surface area (Å²) in [5.74, 6) is 1.80. The van der Waals surface area contributed by atoms with Gasteiger partial charge in [-0.2, -0.15) is 0 Å². The number of rotatable bonds is 2. The maximum atomic E-state index is 4.68. The SMILES string of the molecule is CN(C)C(=NCC1CC=CCC1)N(C)C.I. The van der Waals surface area contributed by atoms with E-state index in [0.29, 0.717) is 0 Å². The van der Waals surface area contributed by atoms with E-state index in [1.165, 1.54) is 19.3 Å². The zero-order valence-electron chi connectivity index (χ0n) is 10.8. The van der Waals surface area contributed by atoms with Crippen LogP contribution in [0.3, 0.4) is 0 Å². The first-order chi connectivity index (χ1) is 7.11. The summed E-state index contributed by atoms with van der Waals surface area (Å²) < 4.78 is 0. The molecular formula is C12H24IN3. The van der Waals surface area contributed by atoms with Crippen LogP contribution < -0.4 is 0 Å². The highest BCUT2D eigenvalue weighted by Crippen LogP contribution is 2.18. The van der Waals surface area contributed by atoms with Crippen LogP contribution in [0.25, 0.3) is 0 Å². The molecule has 1 unspecified atom stereocenters. The maximum absolute atomic E-state index is 4.68. The van der Waals surface area contributed by atoms with Gasteiger partial charge < -0.3 is 9.80 Å². The normalized spacial score (nSPS) is 18.6. The molecule has 0 aromatic carbocycles. The van der Waals surface area contributed by atoms with Gasteiger partial charge in [-0.3, -0.25) is 4.99 Å². The minimum Gasteiger partial charge on any atom is -0.349 e. The molecule has 4 heteroatoms. The zero-order valence-corrected chi connectivity index (χ0v) is 13.1. The third-order valence-corrected chi connectivity index (χ3v) is 2.67. The van der Waals surface area contributed by atoms with E-state index >= 15 is 0 Å². The summed E-state index contributed by atoms with van der Waals surface area (Å²) in [6.45, 7) is 0.954. The van der Waals surface area contributed by atoms with Gasteiger partial charge in [0.2, 0.25) is 0 Å². The second kappa shape index (κ2) is 7.92. The number of hydrogen-bond acceptors (Lipinski definition) is 1. The van der Waals surface area contributed by atoms with E-state index in [9.17, 15) is 0 Å². The number of hydrogen-bond donors (Lipinski definition) is 0. The zero-order chi connectivity index (χ0) is 11.3. The first kappa shape index (κ1) is 15.7. The second-order valence-electron chi connectivity index (χ2n) is 4.58. The highest BCUT2D eigenvalue weighted by molar-refractivity contribution is 14.0. The fourth-order valence-corrected chi connectivity index (χ4v) is 1.92. The smallest absolute Gasteiger partial charge is 0.195 e. The van der Waals surface area contributed by atoms with Gasteiger partial charge in [0.15, 0.2) is 5.96 Å². The van der Waals surface area contributed by atoms with Crippen molar-refractivity contribution in [1.29, 1.82) is 0 Å². The summed E-state index contributed by atoms with van der Waals surface area (Å²) in [4.78, 5) is 8.82. The van der Waals surface area contributed by atoms with E-state index in [1.807, 2.05) is 28.2 Å². The third kappa shape index (κ3) is 5.18. The van der Waals surface area contributed by atoms with E-state index in [0.717, 1.165) is 18.4 Å². The molecule has 0 N–H and O–H groups in total. The van der Waals surface area contributed by atoms with Crippen molar-refractivity contribution in [3.05, 3.63) is 12.2 Å². The van der Waals surface area contributed by atoms with Gasteiger partial charge in [0.25, 0.3) is 0 Å². The summed E-state index contributed by atoms with van der Waals surface area (Å²) in [5, 5.41) is 0. The Balaban J connectivity index is 0.00000225. The first-order valence-electron chi connectivity index (χ1n) is 5.65. The molecule has 1 aliphatic rings. The lowest BCUT2D eigenvalue weighted by Crippen LogP contribution is -2.35. The van der Waals surface area contributed by atoms with E-state index in [1.54, 1.807) is 0 Å². The second-order valence-corrected chi connectivity index (χ2v) is 4.58. The summed E-state index contributed by atoms with van der Waals surface area (Å²) >= 11 is 0. The predicted octanol–water partition coefficient (Wildman–Crippen LogP) is 2.44. The average molecular weight is 337 g/mol. The van der Waals surface area contributed by atoms with E-state index in [2.05, 4.69) is 26.9 Å². The van der Waals surface area contributed by atoms with Crippen LogP contribution >= 0.6 is 24.0 Å². The lowest BCUT2D eigenvalue weighted by Gasteiger charge is -2.24. The Morgan fingerprint density at radius 2 is 1.81 bits per heavy atom. The van der Waals surface area contributed by atoms with Crippen molar-refractivity contribution in [3.63, 3.8) is 0 Å². The number of halogens is 1. The van der Waals surface area contributed by atoms with Crippen molar-refractivity contribution in [2.45, 2.75) is 19.3 Å². The molecule has 0 spiro atoms. The monoisotopic (exact) mass is 337 g/mol. The molecule has 0 aromatic rings. The van der Waals surface area contributed by atoms with Crippen LogP contribution in [0.15, 0.2) is 17.1 Å². The highest BCUT2D eigenvalue weighted by atomic mass is 127. The molecule has 0 saturated carbocycles. The molecule has 0 amide bonds. The molecular weight excluding hydrogens is 313 g/mol. The van der Waals surface area contributed by atoms with Crippen LogP contribution in [0.2, 0.25) is 0 Å². The Labute approximate surface area is 117 Å². The topological polar surface area (TPSA) is 18.8 Å². The third-order valence-electron chi connectivity index (χ3n) is 2.67. The molecule has 0 heterocycles. The minimum absolute atomic E-state index is 0. The van der Waals surface area contributed by atoms with Crippen LogP contribution in [0.1, 0.15) is 19.3 Å². The van der Waals surface area contributed by atoms with Crippen molar-refractivity contribution in [2.24, 2.45) is 10.9 Å². The summed E-state index contributed by atoms with van der Waals surface area (Å²) in [6.07, 6.45) is 8.26. The predicted molar refractivity (Wildman–Crippen MR) is 81.6 cm³/mol. The number of aliphatic imine (C=N–C) groups is 1. The van der Waals surface area contributed by atoms with Crippen molar-refractivity contribution in [2.75, 3.05) is 34.7 Å².